The highest BCUT2D eigenvalue weighted by molar-refractivity contribution is 5.61. The van der Waals surface area contributed by atoms with Gasteiger partial charge in [-0.1, -0.05) is 13.3 Å². The van der Waals surface area contributed by atoms with Gasteiger partial charge in [0.05, 0.1) is 0 Å². The van der Waals surface area contributed by atoms with Gasteiger partial charge in [0.25, 0.3) is 5.56 Å². The largest absolute Gasteiger partial charge is 0.383 e. The average molecular weight is 266 g/mol. The standard InChI is InChI=1S/C13H22N4O2/c1-3-4-7-17-11(14)10(12(18)16-13(17)19)15-8(2)9-5-6-9/h8-9,15H,3-7,14H2,1-2H3,(H,16,18,19). The lowest BCUT2D eigenvalue weighted by atomic mass is 10.2. The van der Waals surface area contributed by atoms with E-state index in [1.54, 1.807) is 0 Å². The molecule has 1 aromatic rings. The van der Waals surface area contributed by atoms with Crippen molar-refractivity contribution in [2.75, 3.05) is 11.1 Å². The van der Waals surface area contributed by atoms with Gasteiger partial charge in [-0.2, -0.15) is 0 Å². The minimum atomic E-state index is -0.430. The maximum Gasteiger partial charge on any atom is 0.330 e. The van der Waals surface area contributed by atoms with Crippen LogP contribution in [0.15, 0.2) is 9.59 Å². The Hall–Kier alpha value is -1.72. The molecular weight excluding hydrogens is 244 g/mol. The first kappa shape index (κ1) is 13.7. The second kappa shape index (κ2) is 5.50. The van der Waals surface area contributed by atoms with Crippen LogP contribution in [0.2, 0.25) is 0 Å². The lowest BCUT2D eigenvalue weighted by molar-refractivity contribution is 0.603. The second-order valence-corrected chi connectivity index (χ2v) is 5.30. The molecule has 4 N–H and O–H groups in total. The zero-order valence-corrected chi connectivity index (χ0v) is 11.5. The van der Waals surface area contributed by atoms with Gasteiger partial charge < -0.3 is 11.1 Å². The van der Waals surface area contributed by atoms with Crippen molar-refractivity contribution in [1.82, 2.24) is 9.55 Å². The summed E-state index contributed by atoms with van der Waals surface area (Å²) >= 11 is 0. The number of H-pyrrole nitrogens is 1. The van der Waals surface area contributed by atoms with E-state index in [-0.39, 0.29) is 11.9 Å². The summed E-state index contributed by atoms with van der Waals surface area (Å²) < 4.78 is 1.44. The van der Waals surface area contributed by atoms with Crippen LogP contribution in [0.25, 0.3) is 0 Å². The van der Waals surface area contributed by atoms with Gasteiger partial charge in [-0.3, -0.25) is 14.3 Å². The topological polar surface area (TPSA) is 92.9 Å². The molecule has 1 fully saturated rings. The minimum Gasteiger partial charge on any atom is -0.383 e. The monoisotopic (exact) mass is 266 g/mol. The summed E-state index contributed by atoms with van der Waals surface area (Å²) in [5.41, 5.74) is 5.45. The van der Waals surface area contributed by atoms with E-state index >= 15 is 0 Å². The lowest BCUT2D eigenvalue weighted by Crippen LogP contribution is -2.35. The van der Waals surface area contributed by atoms with Crippen molar-refractivity contribution < 1.29 is 0 Å². The van der Waals surface area contributed by atoms with Crippen LogP contribution in [0.1, 0.15) is 39.5 Å². The third-order valence-electron chi connectivity index (χ3n) is 3.68. The smallest absolute Gasteiger partial charge is 0.330 e. The number of unbranched alkanes of at least 4 members (excludes halogenated alkanes) is 1. The fourth-order valence-electron chi connectivity index (χ4n) is 2.21. The number of nitrogen functional groups attached to an aromatic ring is 1. The third kappa shape index (κ3) is 3.00. The molecule has 0 aliphatic heterocycles. The number of rotatable bonds is 6. The molecule has 106 valence electrons. The molecule has 1 atom stereocenters. The molecule has 6 heteroatoms. The van der Waals surface area contributed by atoms with E-state index in [9.17, 15) is 9.59 Å². The molecule has 0 bridgehead atoms. The second-order valence-electron chi connectivity index (χ2n) is 5.30. The average Bonchev–Trinajstić information content (AvgIpc) is 3.18. The predicted octanol–water partition coefficient (Wildman–Crippen LogP) is 1.13. The van der Waals surface area contributed by atoms with Crippen molar-refractivity contribution in [2.24, 2.45) is 5.92 Å². The molecule has 0 saturated heterocycles. The number of aromatic amines is 1. The fourth-order valence-corrected chi connectivity index (χ4v) is 2.21. The molecule has 0 amide bonds. The van der Waals surface area contributed by atoms with Crippen LogP contribution in [0, 0.1) is 5.92 Å². The molecule has 1 saturated carbocycles. The highest BCUT2D eigenvalue weighted by atomic mass is 16.2. The number of aromatic nitrogens is 2. The Balaban J connectivity index is 2.30. The normalized spacial score (nSPS) is 16.3. The van der Waals surface area contributed by atoms with Gasteiger partial charge in [-0.05, 0) is 32.1 Å². The first-order chi connectivity index (χ1) is 9.04. The molecule has 1 heterocycles. The van der Waals surface area contributed by atoms with Crippen LogP contribution in [-0.4, -0.2) is 15.6 Å². The molecule has 6 nitrogen and oxygen atoms in total. The van der Waals surface area contributed by atoms with Crippen LogP contribution in [0.5, 0.6) is 0 Å². The summed E-state index contributed by atoms with van der Waals surface area (Å²) in [5.74, 6) is 0.851. The molecule has 2 rings (SSSR count). The maximum atomic E-state index is 11.9. The molecule has 1 aliphatic rings. The molecule has 1 aromatic heterocycles. The van der Waals surface area contributed by atoms with Crippen LogP contribution >= 0.6 is 0 Å². The van der Waals surface area contributed by atoms with Gasteiger partial charge in [0, 0.05) is 12.6 Å². The Bertz CT molecular complexity index is 557. The zero-order chi connectivity index (χ0) is 14.0. The number of nitrogens with zero attached hydrogens (tertiary/aromatic N) is 1. The predicted molar refractivity (Wildman–Crippen MR) is 76.5 cm³/mol. The summed E-state index contributed by atoms with van der Waals surface area (Å²) in [5, 5.41) is 3.16. The molecule has 1 aliphatic carbocycles. The van der Waals surface area contributed by atoms with Crippen LogP contribution in [0.4, 0.5) is 11.5 Å². The van der Waals surface area contributed by atoms with Gasteiger partial charge in [0.1, 0.15) is 11.5 Å². The van der Waals surface area contributed by atoms with E-state index in [1.165, 1.54) is 17.4 Å². The van der Waals surface area contributed by atoms with Gasteiger partial charge in [-0.25, -0.2) is 4.79 Å². The van der Waals surface area contributed by atoms with Crippen molar-refractivity contribution in [2.45, 2.75) is 52.1 Å². The number of hydrogen-bond donors (Lipinski definition) is 3. The number of nitrogens with two attached hydrogens (primary N) is 1. The van der Waals surface area contributed by atoms with Gasteiger partial charge in [0.15, 0.2) is 0 Å². The van der Waals surface area contributed by atoms with E-state index in [1.807, 2.05) is 13.8 Å². The summed E-state index contributed by atoms with van der Waals surface area (Å²) in [4.78, 5) is 25.9. The fraction of sp³-hybridized carbons (Fsp3) is 0.692. The summed E-state index contributed by atoms with van der Waals surface area (Å²) in [6.07, 6.45) is 4.18. The van der Waals surface area contributed by atoms with Crippen molar-refractivity contribution in [3.8, 4) is 0 Å². The van der Waals surface area contributed by atoms with Crippen molar-refractivity contribution in [3.63, 3.8) is 0 Å². The van der Waals surface area contributed by atoms with Crippen molar-refractivity contribution >= 4 is 11.5 Å². The van der Waals surface area contributed by atoms with Crippen LogP contribution < -0.4 is 22.3 Å². The van der Waals surface area contributed by atoms with Crippen LogP contribution in [0.3, 0.4) is 0 Å². The Morgan fingerprint density at radius 2 is 2.16 bits per heavy atom. The quantitative estimate of drug-likeness (QED) is 0.719. The van der Waals surface area contributed by atoms with E-state index in [0.717, 1.165) is 12.8 Å². The molecule has 19 heavy (non-hydrogen) atoms. The molecule has 0 radical (unpaired) electrons. The summed E-state index contributed by atoms with van der Waals surface area (Å²) in [6.45, 7) is 4.61. The zero-order valence-electron chi connectivity index (χ0n) is 11.5. The van der Waals surface area contributed by atoms with E-state index in [2.05, 4.69) is 10.3 Å². The first-order valence-corrected chi connectivity index (χ1v) is 6.93. The van der Waals surface area contributed by atoms with Gasteiger partial charge in [-0.15, -0.1) is 0 Å². The van der Waals surface area contributed by atoms with E-state index < -0.39 is 11.2 Å². The maximum absolute atomic E-state index is 11.9. The Kier molecular flexibility index (Phi) is 3.97. The Morgan fingerprint density at radius 3 is 2.74 bits per heavy atom. The molecule has 0 aromatic carbocycles. The van der Waals surface area contributed by atoms with Crippen molar-refractivity contribution in [1.29, 1.82) is 0 Å². The number of anilines is 2. The van der Waals surface area contributed by atoms with Crippen molar-refractivity contribution in [3.05, 3.63) is 20.8 Å². The third-order valence-corrected chi connectivity index (χ3v) is 3.68. The highest BCUT2D eigenvalue weighted by Gasteiger charge is 2.29. The SMILES string of the molecule is CCCCn1c(N)c(NC(C)C2CC2)c(=O)[nH]c1=O. The van der Waals surface area contributed by atoms with Gasteiger partial charge in [0.2, 0.25) is 0 Å². The first-order valence-electron chi connectivity index (χ1n) is 6.93. The minimum absolute atomic E-state index is 0.209. The summed E-state index contributed by atoms with van der Waals surface area (Å²) in [6, 6.07) is 0.209. The number of nitrogens with one attached hydrogen (secondary N) is 2. The molecule has 0 spiro atoms. The van der Waals surface area contributed by atoms with Crippen LogP contribution in [-0.2, 0) is 6.54 Å². The van der Waals surface area contributed by atoms with E-state index in [4.69, 9.17) is 5.73 Å². The van der Waals surface area contributed by atoms with E-state index in [0.29, 0.717) is 18.2 Å². The number of hydrogen-bond acceptors (Lipinski definition) is 4. The molecule has 1 unspecified atom stereocenters. The van der Waals surface area contributed by atoms with Gasteiger partial charge >= 0.3 is 5.69 Å². The molecular formula is C13H22N4O2. The Morgan fingerprint density at radius 1 is 1.47 bits per heavy atom. The Labute approximate surface area is 112 Å². The lowest BCUT2D eigenvalue weighted by Gasteiger charge is -2.17. The highest BCUT2D eigenvalue weighted by Crippen LogP contribution is 2.34. The summed E-state index contributed by atoms with van der Waals surface area (Å²) in [7, 11) is 0.